The normalized spacial score (nSPS) is 19.2. The topological polar surface area (TPSA) is 24.9 Å². The van der Waals surface area contributed by atoms with E-state index < -0.39 is 0 Å². The summed E-state index contributed by atoms with van der Waals surface area (Å²) in [5.74, 6) is 0.931. The minimum Gasteiger partial charge on any atom is -0.492 e. The van der Waals surface area contributed by atoms with Crippen molar-refractivity contribution in [2.24, 2.45) is 0 Å². The maximum absolute atomic E-state index is 5.94. The van der Waals surface area contributed by atoms with E-state index in [1.165, 1.54) is 34.4 Å². The van der Waals surface area contributed by atoms with Crippen LogP contribution in [0.15, 0.2) is 42.5 Å². The Kier molecular flexibility index (Phi) is 6.68. The van der Waals surface area contributed by atoms with E-state index in [4.69, 9.17) is 9.47 Å². The van der Waals surface area contributed by atoms with E-state index in [2.05, 4.69) is 86.2 Å². The van der Waals surface area contributed by atoms with Gasteiger partial charge < -0.3 is 14.4 Å². The molecule has 0 unspecified atom stereocenters. The summed E-state index contributed by atoms with van der Waals surface area (Å²) in [5.41, 5.74) is 6.83. The second-order valence-corrected chi connectivity index (χ2v) is 9.49. The van der Waals surface area contributed by atoms with Gasteiger partial charge in [0.25, 0.3) is 0 Å². The Bertz CT molecular complexity index is 911. The van der Waals surface area contributed by atoms with Crippen molar-refractivity contribution in [3.63, 3.8) is 0 Å². The molecule has 0 N–H and O–H groups in total. The number of morpholine rings is 1. The third-order valence-electron chi connectivity index (χ3n) is 6.71. The molecule has 2 heterocycles. The molecule has 2 aromatic carbocycles. The molecule has 166 valence electrons. The zero-order valence-corrected chi connectivity index (χ0v) is 19.5. The lowest BCUT2D eigenvalue weighted by atomic mass is 9.77. The monoisotopic (exact) mass is 420 g/mol. The van der Waals surface area contributed by atoms with E-state index >= 15 is 0 Å². The SMILES string of the molecule is C/C(=C\c1ccc(OCCN2CCOCC2)cc1)c1ccc2c(c1)N(C)CCC2(C)C. The van der Waals surface area contributed by atoms with Crippen LogP contribution in [0.25, 0.3) is 11.6 Å². The van der Waals surface area contributed by atoms with Gasteiger partial charge in [-0.2, -0.15) is 0 Å². The molecule has 4 nitrogen and oxygen atoms in total. The number of allylic oxidation sites excluding steroid dienone is 1. The number of anilines is 1. The zero-order chi connectivity index (χ0) is 21.8. The summed E-state index contributed by atoms with van der Waals surface area (Å²) in [4.78, 5) is 4.78. The van der Waals surface area contributed by atoms with Crippen molar-refractivity contribution in [3.8, 4) is 5.75 Å². The summed E-state index contributed by atoms with van der Waals surface area (Å²) in [5, 5.41) is 0. The van der Waals surface area contributed by atoms with Crippen molar-refractivity contribution in [2.45, 2.75) is 32.6 Å². The van der Waals surface area contributed by atoms with Gasteiger partial charge in [-0.3, -0.25) is 4.90 Å². The second kappa shape index (κ2) is 9.46. The van der Waals surface area contributed by atoms with E-state index in [9.17, 15) is 0 Å². The highest BCUT2D eigenvalue weighted by Crippen LogP contribution is 2.40. The molecule has 0 amide bonds. The number of fused-ring (bicyclic) bond motifs is 1. The Hall–Kier alpha value is -2.30. The molecule has 0 atom stereocenters. The Balaban J connectivity index is 1.40. The smallest absolute Gasteiger partial charge is 0.119 e. The molecule has 0 aromatic heterocycles. The molecule has 0 bridgehead atoms. The van der Waals surface area contributed by atoms with E-state index in [-0.39, 0.29) is 5.41 Å². The van der Waals surface area contributed by atoms with Crippen molar-refractivity contribution in [1.29, 1.82) is 0 Å². The lowest BCUT2D eigenvalue weighted by Gasteiger charge is -2.38. The van der Waals surface area contributed by atoms with Gasteiger partial charge in [0.2, 0.25) is 0 Å². The van der Waals surface area contributed by atoms with Gasteiger partial charge in [-0.15, -0.1) is 0 Å². The van der Waals surface area contributed by atoms with Crippen LogP contribution in [0, 0.1) is 0 Å². The van der Waals surface area contributed by atoms with Gasteiger partial charge in [-0.1, -0.05) is 44.2 Å². The molecule has 31 heavy (non-hydrogen) atoms. The third kappa shape index (κ3) is 5.31. The van der Waals surface area contributed by atoms with Gasteiger partial charge in [0.1, 0.15) is 12.4 Å². The predicted octanol–water partition coefficient (Wildman–Crippen LogP) is 5.08. The maximum atomic E-state index is 5.94. The Morgan fingerprint density at radius 3 is 2.55 bits per heavy atom. The predicted molar refractivity (Wildman–Crippen MR) is 130 cm³/mol. The molecule has 2 aliphatic heterocycles. The van der Waals surface area contributed by atoms with Gasteiger partial charge >= 0.3 is 0 Å². The molecule has 1 fully saturated rings. The largest absolute Gasteiger partial charge is 0.492 e. The van der Waals surface area contributed by atoms with Gasteiger partial charge in [-0.25, -0.2) is 0 Å². The quantitative estimate of drug-likeness (QED) is 0.609. The Labute approximate surface area is 187 Å². The lowest BCUT2D eigenvalue weighted by molar-refractivity contribution is 0.0322. The van der Waals surface area contributed by atoms with Crippen molar-refractivity contribution < 1.29 is 9.47 Å². The fraction of sp³-hybridized carbons (Fsp3) is 0.481. The summed E-state index contributed by atoms with van der Waals surface area (Å²) in [6.45, 7) is 13.3. The molecular formula is C27H36N2O2. The molecule has 4 rings (SSSR count). The van der Waals surface area contributed by atoms with Gasteiger partial charge in [-0.05, 0) is 59.2 Å². The van der Waals surface area contributed by atoms with Crippen LogP contribution in [-0.2, 0) is 10.2 Å². The van der Waals surface area contributed by atoms with Crippen LogP contribution in [0.3, 0.4) is 0 Å². The molecule has 4 heteroatoms. The standard InChI is InChI=1S/C27H36N2O2/c1-21(23-7-10-25-26(20-23)28(4)12-11-27(25,2)3)19-22-5-8-24(9-6-22)31-18-15-29-13-16-30-17-14-29/h5-10,19-20H,11-18H2,1-4H3/b21-19+. The zero-order valence-electron chi connectivity index (χ0n) is 19.5. The second-order valence-electron chi connectivity index (χ2n) is 9.49. The minimum absolute atomic E-state index is 0.246. The van der Waals surface area contributed by atoms with Crippen molar-refractivity contribution in [1.82, 2.24) is 4.90 Å². The summed E-state index contributed by atoms with van der Waals surface area (Å²) in [7, 11) is 2.20. The first kappa shape index (κ1) is 21.9. The molecule has 0 radical (unpaired) electrons. The molecule has 2 aromatic rings. The van der Waals surface area contributed by atoms with Crippen molar-refractivity contribution >= 4 is 17.3 Å². The van der Waals surface area contributed by atoms with Crippen molar-refractivity contribution in [2.75, 3.05) is 57.9 Å². The van der Waals surface area contributed by atoms with E-state index in [0.717, 1.165) is 45.1 Å². The lowest BCUT2D eigenvalue weighted by Crippen LogP contribution is -2.38. The van der Waals surface area contributed by atoms with E-state index in [0.29, 0.717) is 6.61 Å². The number of hydrogen-bond donors (Lipinski definition) is 0. The highest BCUT2D eigenvalue weighted by Gasteiger charge is 2.29. The molecular weight excluding hydrogens is 384 g/mol. The van der Waals surface area contributed by atoms with Crippen LogP contribution in [0.5, 0.6) is 5.75 Å². The summed E-state index contributed by atoms with van der Waals surface area (Å²) in [6, 6.07) is 15.4. The molecule has 2 aliphatic rings. The van der Waals surface area contributed by atoms with Crippen LogP contribution in [0.2, 0.25) is 0 Å². The van der Waals surface area contributed by atoms with Crippen LogP contribution >= 0.6 is 0 Å². The molecule has 0 saturated carbocycles. The minimum atomic E-state index is 0.246. The third-order valence-corrected chi connectivity index (χ3v) is 6.71. The highest BCUT2D eigenvalue weighted by atomic mass is 16.5. The summed E-state index contributed by atoms with van der Waals surface area (Å²) >= 11 is 0. The first-order valence-electron chi connectivity index (χ1n) is 11.5. The van der Waals surface area contributed by atoms with Gasteiger partial charge in [0.05, 0.1) is 13.2 Å². The van der Waals surface area contributed by atoms with Crippen LogP contribution in [0.4, 0.5) is 5.69 Å². The summed E-state index contributed by atoms with van der Waals surface area (Å²) in [6.07, 6.45) is 3.46. The first-order chi connectivity index (χ1) is 14.9. The molecule has 0 aliphatic carbocycles. The Morgan fingerprint density at radius 1 is 1.06 bits per heavy atom. The number of ether oxygens (including phenoxy) is 2. The van der Waals surface area contributed by atoms with Crippen LogP contribution < -0.4 is 9.64 Å². The number of rotatable bonds is 6. The van der Waals surface area contributed by atoms with E-state index in [1.54, 1.807) is 0 Å². The van der Waals surface area contributed by atoms with Crippen LogP contribution in [-0.4, -0.2) is 57.9 Å². The van der Waals surface area contributed by atoms with Crippen molar-refractivity contribution in [3.05, 3.63) is 59.2 Å². The molecule has 1 saturated heterocycles. The highest BCUT2D eigenvalue weighted by molar-refractivity contribution is 5.82. The number of nitrogens with zero attached hydrogens (tertiary/aromatic N) is 2. The average Bonchev–Trinajstić information content (AvgIpc) is 2.78. The summed E-state index contributed by atoms with van der Waals surface area (Å²) < 4.78 is 11.3. The van der Waals surface area contributed by atoms with Crippen LogP contribution in [0.1, 0.15) is 43.9 Å². The van der Waals surface area contributed by atoms with E-state index in [1.807, 2.05) is 0 Å². The average molecular weight is 421 g/mol. The number of benzene rings is 2. The number of hydrogen-bond acceptors (Lipinski definition) is 4. The Morgan fingerprint density at radius 2 is 1.81 bits per heavy atom. The van der Waals surface area contributed by atoms with Gasteiger partial charge in [0, 0.05) is 38.9 Å². The molecule has 0 spiro atoms. The fourth-order valence-corrected chi connectivity index (χ4v) is 4.48. The first-order valence-corrected chi connectivity index (χ1v) is 11.5. The van der Waals surface area contributed by atoms with Gasteiger partial charge in [0.15, 0.2) is 0 Å². The maximum Gasteiger partial charge on any atom is 0.119 e. The fourth-order valence-electron chi connectivity index (χ4n) is 4.48.